The standard InChI is InChI=1S/C15H21FN2O3/c1-2-12-7-18(9-15(21-12)3-4-20-10-15)14-5-11(8-19)13(16)6-17-14/h5-6,12,19H,2-4,7-10H2,1H3. The Balaban J connectivity index is 1.86. The first-order chi connectivity index (χ1) is 10.2. The smallest absolute Gasteiger partial charge is 0.147 e. The summed E-state index contributed by atoms with van der Waals surface area (Å²) in [6, 6.07) is 1.62. The number of pyridine rings is 1. The second-order valence-electron chi connectivity index (χ2n) is 5.81. The van der Waals surface area contributed by atoms with Crippen molar-refractivity contribution in [2.24, 2.45) is 0 Å². The van der Waals surface area contributed by atoms with Gasteiger partial charge in [0, 0.05) is 25.1 Å². The van der Waals surface area contributed by atoms with Crippen molar-refractivity contribution in [3.8, 4) is 0 Å². The van der Waals surface area contributed by atoms with E-state index in [1.807, 2.05) is 0 Å². The molecule has 0 aromatic carbocycles. The Morgan fingerprint density at radius 1 is 1.57 bits per heavy atom. The monoisotopic (exact) mass is 296 g/mol. The minimum Gasteiger partial charge on any atom is -0.392 e. The highest BCUT2D eigenvalue weighted by atomic mass is 19.1. The average molecular weight is 296 g/mol. The van der Waals surface area contributed by atoms with Crippen LogP contribution in [0, 0.1) is 5.82 Å². The van der Waals surface area contributed by atoms with Gasteiger partial charge in [0.15, 0.2) is 0 Å². The summed E-state index contributed by atoms with van der Waals surface area (Å²) in [5.74, 6) is 0.217. The molecule has 6 heteroatoms. The van der Waals surface area contributed by atoms with Crippen LogP contribution < -0.4 is 4.90 Å². The molecule has 0 aliphatic carbocycles. The molecule has 2 unspecified atom stereocenters. The molecule has 0 radical (unpaired) electrons. The molecule has 0 amide bonds. The largest absolute Gasteiger partial charge is 0.392 e. The first kappa shape index (κ1) is 14.7. The molecule has 1 N–H and O–H groups in total. The number of ether oxygens (including phenoxy) is 2. The number of rotatable bonds is 3. The maximum absolute atomic E-state index is 13.5. The van der Waals surface area contributed by atoms with Gasteiger partial charge >= 0.3 is 0 Å². The molecule has 2 fully saturated rings. The van der Waals surface area contributed by atoms with E-state index >= 15 is 0 Å². The highest BCUT2D eigenvalue weighted by molar-refractivity contribution is 5.43. The van der Waals surface area contributed by atoms with Gasteiger partial charge in [-0.05, 0) is 12.5 Å². The Morgan fingerprint density at radius 3 is 3.10 bits per heavy atom. The molecule has 2 aliphatic heterocycles. The van der Waals surface area contributed by atoms with Crippen molar-refractivity contribution in [1.29, 1.82) is 0 Å². The number of halogens is 1. The Hall–Kier alpha value is -1.24. The Labute approximate surface area is 123 Å². The molecule has 21 heavy (non-hydrogen) atoms. The zero-order valence-corrected chi connectivity index (χ0v) is 12.2. The summed E-state index contributed by atoms with van der Waals surface area (Å²) in [5, 5.41) is 9.21. The highest BCUT2D eigenvalue weighted by Crippen LogP contribution is 2.33. The van der Waals surface area contributed by atoms with Gasteiger partial charge in [-0.25, -0.2) is 9.37 Å². The van der Waals surface area contributed by atoms with E-state index in [0.29, 0.717) is 25.6 Å². The maximum atomic E-state index is 13.5. The number of aromatic nitrogens is 1. The molecular weight excluding hydrogens is 275 g/mol. The predicted octanol–water partition coefficient (Wildman–Crippen LogP) is 1.49. The van der Waals surface area contributed by atoms with Crippen LogP contribution in [0.4, 0.5) is 10.2 Å². The number of anilines is 1. The number of hydrogen-bond donors (Lipinski definition) is 1. The average Bonchev–Trinajstić information content (AvgIpc) is 2.94. The van der Waals surface area contributed by atoms with Crippen molar-refractivity contribution in [2.75, 3.05) is 31.2 Å². The molecular formula is C15H21FN2O3. The van der Waals surface area contributed by atoms with E-state index < -0.39 is 5.82 Å². The Bertz CT molecular complexity index is 506. The normalized spacial score (nSPS) is 29.3. The van der Waals surface area contributed by atoms with Crippen molar-refractivity contribution >= 4 is 5.82 Å². The van der Waals surface area contributed by atoms with Crippen molar-refractivity contribution in [3.63, 3.8) is 0 Å². The molecule has 1 aromatic rings. The third-order valence-corrected chi connectivity index (χ3v) is 4.26. The first-order valence-corrected chi connectivity index (χ1v) is 7.41. The van der Waals surface area contributed by atoms with Gasteiger partial charge in [0.2, 0.25) is 0 Å². The molecule has 5 nitrogen and oxygen atoms in total. The topological polar surface area (TPSA) is 54.8 Å². The van der Waals surface area contributed by atoms with Crippen LogP contribution >= 0.6 is 0 Å². The van der Waals surface area contributed by atoms with Gasteiger partial charge in [-0.3, -0.25) is 0 Å². The number of aliphatic hydroxyl groups excluding tert-OH is 1. The maximum Gasteiger partial charge on any atom is 0.147 e. The predicted molar refractivity (Wildman–Crippen MR) is 75.7 cm³/mol. The van der Waals surface area contributed by atoms with Gasteiger partial charge in [0.25, 0.3) is 0 Å². The summed E-state index contributed by atoms with van der Waals surface area (Å²) >= 11 is 0. The lowest BCUT2D eigenvalue weighted by molar-refractivity contribution is -0.107. The van der Waals surface area contributed by atoms with E-state index in [1.165, 1.54) is 6.20 Å². The number of nitrogens with zero attached hydrogens (tertiary/aromatic N) is 2. The van der Waals surface area contributed by atoms with Gasteiger partial charge < -0.3 is 19.5 Å². The second-order valence-corrected chi connectivity index (χ2v) is 5.81. The number of aliphatic hydroxyl groups is 1. The molecule has 2 saturated heterocycles. The van der Waals surface area contributed by atoms with Crippen molar-refractivity contribution < 1.29 is 19.0 Å². The van der Waals surface area contributed by atoms with Gasteiger partial charge in [-0.1, -0.05) is 6.92 Å². The van der Waals surface area contributed by atoms with Gasteiger partial charge in [-0.2, -0.15) is 0 Å². The van der Waals surface area contributed by atoms with Crippen LogP contribution in [0.5, 0.6) is 0 Å². The SMILES string of the molecule is CCC1CN(c2cc(CO)c(F)cn2)CC2(CCOC2)O1. The molecule has 0 saturated carbocycles. The molecule has 2 aliphatic rings. The summed E-state index contributed by atoms with van der Waals surface area (Å²) in [5.41, 5.74) is -0.00905. The van der Waals surface area contributed by atoms with Crippen molar-refractivity contribution in [1.82, 2.24) is 4.98 Å². The summed E-state index contributed by atoms with van der Waals surface area (Å²) in [4.78, 5) is 6.29. The van der Waals surface area contributed by atoms with Crippen LogP contribution in [0.15, 0.2) is 12.3 Å². The molecule has 3 heterocycles. The second kappa shape index (κ2) is 5.87. The lowest BCUT2D eigenvalue weighted by Crippen LogP contribution is -2.56. The van der Waals surface area contributed by atoms with Gasteiger partial charge in [-0.15, -0.1) is 0 Å². The lowest BCUT2D eigenvalue weighted by atomic mass is 9.98. The molecule has 3 rings (SSSR count). The van der Waals surface area contributed by atoms with Gasteiger partial charge in [0.1, 0.15) is 17.2 Å². The van der Waals surface area contributed by atoms with Crippen LogP contribution in [-0.2, 0) is 16.1 Å². The van der Waals surface area contributed by atoms with Crippen LogP contribution in [0.2, 0.25) is 0 Å². The third-order valence-electron chi connectivity index (χ3n) is 4.26. The van der Waals surface area contributed by atoms with Crippen LogP contribution in [0.3, 0.4) is 0 Å². The summed E-state index contributed by atoms with van der Waals surface area (Å²) in [6.07, 6.45) is 3.07. The Morgan fingerprint density at radius 2 is 2.43 bits per heavy atom. The molecule has 0 bridgehead atoms. The first-order valence-electron chi connectivity index (χ1n) is 7.41. The zero-order chi connectivity index (χ0) is 14.9. The van der Waals surface area contributed by atoms with E-state index in [1.54, 1.807) is 6.07 Å². The van der Waals surface area contributed by atoms with E-state index in [4.69, 9.17) is 9.47 Å². The fourth-order valence-corrected chi connectivity index (χ4v) is 3.04. The van der Waals surface area contributed by atoms with Crippen molar-refractivity contribution in [2.45, 2.75) is 38.1 Å². The summed E-state index contributed by atoms with van der Waals surface area (Å²) in [6.45, 7) is 4.48. The Kier molecular flexibility index (Phi) is 4.10. The van der Waals surface area contributed by atoms with Crippen LogP contribution in [0.1, 0.15) is 25.3 Å². The van der Waals surface area contributed by atoms with E-state index in [-0.39, 0.29) is 23.9 Å². The molecule has 1 aromatic heterocycles. The minimum absolute atomic E-state index is 0.116. The lowest BCUT2D eigenvalue weighted by Gasteiger charge is -2.44. The van der Waals surface area contributed by atoms with Crippen LogP contribution in [-0.4, -0.2) is 48.1 Å². The quantitative estimate of drug-likeness (QED) is 0.916. The minimum atomic E-state index is -0.472. The zero-order valence-electron chi connectivity index (χ0n) is 12.2. The fraction of sp³-hybridized carbons (Fsp3) is 0.667. The number of morpholine rings is 1. The molecule has 2 atom stereocenters. The number of hydrogen-bond acceptors (Lipinski definition) is 5. The van der Waals surface area contributed by atoms with Crippen molar-refractivity contribution in [3.05, 3.63) is 23.6 Å². The summed E-state index contributed by atoms with van der Waals surface area (Å²) < 4.78 is 25.2. The van der Waals surface area contributed by atoms with Crippen LogP contribution in [0.25, 0.3) is 0 Å². The third kappa shape index (κ3) is 2.88. The van der Waals surface area contributed by atoms with Gasteiger partial charge in [0.05, 0.1) is 32.1 Å². The summed E-state index contributed by atoms with van der Waals surface area (Å²) in [7, 11) is 0. The highest BCUT2D eigenvalue weighted by Gasteiger charge is 2.43. The van der Waals surface area contributed by atoms with E-state index in [9.17, 15) is 9.50 Å². The molecule has 116 valence electrons. The molecule has 1 spiro atoms. The van der Waals surface area contributed by atoms with E-state index in [0.717, 1.165) is 19.4 Å². The van der Waals surface area contributed by atoms with E-state index in [2.05, 4.69) is 16.8 Å². The fourth-order valence-electron chi connectivity index (χ4n) is 3.04.